The van der Waals surface area contributed by atoms with Gasteiger partial charge in [0.25, 0.3) is 0 Å². The van der Waals surface area contributed by atoms with Crippen molar-refractivity contribution >= 4 is 21.9 Å². The number of rotatable bonds is 3. The molecule has 6 heteroatoms. The minimum absolute atomic E-state index is 0.159. The molecule has 1 aromatic rings. The highest BCUT2D eigenvalue weighted by Crippen LogP contribution is 2.52. The summed E-state index contributed by atoms with van der Waals surface area (Å²) in [6.45, 7) is 6.29. The maximum Gasteiger partial charge on any atom is 0.193 e. The van der Waals surface area contributed by atoms with E-state index in [4.69, 9.17) is 4.74 Å². The predicted octanol–water partition coefficient (Wildman–Crippen LogP) is 2.61. The van der Waals surface area contributed by atoms with Crippen molar-refractivity contribution in [3.63, 3.8) is 0 Å². The molecule has 3 atom stereocenters. The van der Waals surface area contributed by atoms with Crippen molar-refractivity contribution in [2.75, 3.05) is 20.7 Å². The lowest BCUT2D eigenvalue weighted by Gasteiger charge is -2.55. The Hall–Kier alpha value is -1.01. The molecule has 0 radical (unpaired) electrons. The van der Waals surface area contributed by atoms with E-state index in [2.05, 4.69) is 75.9 Å². The van der Waals surface area contributed by atoms with Gasteiger partial charge in [0.1, 0.15) is 0 Å². The lowest BCUT2D eigenvalue weighted by molar-refractivity contribution is -0.107. The number of nitrogens with one attached hydrogen (secondary N) is 1. The number of aliphatic imine (C=N–C) groups is 1. The number of fused-ring (bicyclic) bond motifs is 1. The minimum Gasteiger partial charge on any atom is -0.377 e. The molecule has 2 aliphatic rings. The van der Waals surface area contributed by atoms with Crippen molar-refractivity contribution in [2.45, 2.75) is 39.0 Å². The smallest absolute Gasteiger partial charge is 0.193 e. The number of aromatic nitrogens is 1. The summed E-state index contributed by atoms with van der Waals surface area (Å²) in [6.07, 6.45) is 3.62. The first-order valence-corrected chi connectivity index (χ1v) is 9.00. The molecule has 0 aromatic carbocycles. The zero-order valence-electron chi connectivity index (χ0n) is 14.6. The third-order valence-electron chi connectivity index (χ3n) is 5.43. The van der Waals surface area contributed by atoms with Gasteiger partial charge in [0, 0.05) is 61.5 Å². The molecule has 0 bridgehead atoms. The van der Waals surface area contributed by atoms with Crippen LogP contribution in [0.15, 0.2) is 21.7 Å². The van der Waals surface area contributed by atoms with Gasteiger partial charge in [-0.05, 0) is 28.4 Å². The normalized spacial score (nSPS) is 29.1. The zero-order valence-corrected chi connectivity index (χ0v) is 16.2. The van der Waals surface area contributed by atoms with Crippen LogP contribution in [-0.4, -0.2) is 48.3 Å². The molecule has 5 nitrogen and oxygen atoms in total. The third kappa shape index (κ3) is 2.91. The van der Waals surface area contributed by atoms with Crippen LogP contribution in [0.4, 0.5) is 0 Å². The van der Waals surface area contributed by atoms with Crippen molar-refractivity contribution in [3.8, 4) is 0 Å². The lowest BCUT2D eigenvalue weighted by atomic mass is 9.57. The summed E-state index contributed by atoms with van der Waals surface area (Å²) in [5.41, 5.74) is 1.41. The van der Waals surface area contributed by atoms with Crippen molar-refractivity contribution in [1.82, 2.24) is 14.8 Å². The minimum atomic E-state index is 0.159. The first-order chi connectivity index (χ1) is 10.8. The Morgan fingerprint density at radius 1 is 1.57 bits per heavy atom. The van der Waals surface area contributed by atoms with Gasteiger partial charge in [-0.2, -0.15) is 0 Å². The van der Waals surface area contributed by atoms with Crippen molar-refractivity contribution < 1.29 is 4.74 Å². The van der Waals surface area contributed by atoms with E-state index in [-0.39, 0.29) is 5.41 Å². The third-order valence-corrected chi connectivity index (χ3v) is 5.87. The van der Waals surface area contributed by atoms with Gasteiger partial charge >= 0.3 is 0 Å². The highest BCUT2D eigenvalue weighted by atomic mass is 79.9. The summed E-state index contributed by atoms with van der Waals surface area (Å²) in [7, 11) is 6.01. The molecular weight excluding hydrogens is 356 g/mol. The van der Waals surface area contributed by atoms with Gasteiger partial charge in [-0.3, -0.25) is 4.99 Å². The Balaban J connectivity index is 1.67. The molecule has 1 N–H and O–H groups in total. The van der Waals surface area contributed by atoms with Crippen LogP contribution in [0.1, 0.15) is 26.0 Å². The van der Waals surface area contributed by atoms with Crippen LogP contribution in [0.5, 0.6) is 0 Å². The molecule has 3 rings (SSSR count). The topological polar surface area (TPSA) is 41.8 Å². The molecule has 2 fully saturated rings. The van der Waals surface area contributed by atoms with E-state index in [0.717, 1.165) is 30.0 Å². The molecule has 1 saturated carbocycles. The van der Waals surface area contributed by atoms with E-state index < -0.39 is 0 Å². The van der Waals surface area contributed by atoms with E-state index in [9.17, 15) is 0 Å². The Morgan fingerprint density at radius 2 is 2.30 bits per heavy atom. The quantitative estimate of drug-likeness (QED) is 0.645. The highest BCUT2D eigenvalue weighted by molar-refractivity contribution is 9.10. The van der Waals surface area contributed by atoms with Gasteiger partial charge in [-0.15, -0.1) is 0 Å². The second-order valence-corrected chi connectivity index (χ2v) is 8.27. The average Bonchev–Trinajstić information content (AvgIpc) is 3.05. The molecule has 23 heavy (non-hydrogen) atoms. The molecule has 0 spiro atoms. The van der Waals surface area contributed by atoms with Gasteiger partial charge < -0.3 is 19.5 Å². The Bertz CT molecular complexity index is 610. The van der Waals surface area contributed by atoms with Crippen molar-refractivity contribution in [3.05, 3.63) is 22.4 Å². The summed E-state index contributed by atoms with van der Waals surface area (Å²) in [5.74, 6) is 1.56. The van der Waals surface area contributed by atoms with Crippen LogP contribution in [0, 0.1) is 11.3 Å². The Morgan fingerprint density at radius 3 is 2.91 bits per heavy atom. The SMILES string of the molecule is CN=C(NC1C2CCOC2C1(C)C)N(C)Cc1cc(Br)cn1C. The Labute approximate surface area is 147 Å². The first-order valence-electron chi connectivity index (χ1n) is 8.21. The molecular formula is C17H27BrN4O. The van der Waals surface area contributed by atoms with Gasteiger partial charge in [-0.1, -0.05) is 13.8 Å². The molecule has 128 valence electrons. The van der Waals surface area contributed by atoms with Crippen LogP contribution in [0.2, 0.25) is 0 Å². The van der Waals surface area contributed by atoms with Gasteiger partial charge in [0.05, 0.1) is 12.6 Å². The molecule has 0 amide bonds. The number of aryl methyl sites for hydroxylation is 1. The number of halogens is 1. The molecule has 1 aliphatic carbocycles. The molecule has 1 aromatic heterocycles. The summed E-state index contributed by atoms with van der Waals surface area (Å²) >= 11 is 3.53. The number of guanidine groups is 1. The largest absolute Gasteiger partial charge is 0.377 e. The maximum atomic E-state index is 5.89. The summed E-state index contributed by atoms with van der Waals surface area (Å²) in [6, 6.07) is 2.58. The van der Waals surface area contributed by atoms with Crippen molar-refractivity contribution in [1.29, 1.82) is 0 Å². The van der Waals surface area contributed by atoms with E-state index in [1.165, 1.54) is 5.69 Å². The lowest BCUT2D eigenvalue weighted by Crippen LogP contribution is -2.67. The number of nitrogens with zero attached hydrogens (tertiary/aromatic N) is 3. The number of ether oxygens (including phenoxy) is 1. The van der Waals surface area contributed by atoms with Crippen molar-refractivity contribution in [2.24, 2.45) is 23.4 Å². The summed E-state index contributed by atoms with van der Waals surface area (Å²) < 4.78 is 9.13. The summed E-state index contributed by atoms with van der Waals surface area (Å²) in [5, 5.41) is 3.69. The van der Waals surface area contributed by atoms with Crippen LogP contribution in [0.3, 0.4) is 0 Å². The monoisotopic (exact) mass is 382 g/mol. The first kappa shape index (κ1) is 16.8. The van der Waals surface area contributed by atoms with Gasteiger partial charge in [-0.25, -0.2) is 0 Å². The summed E-state index contributed by atoms with van der Waals surface area (Å²) in [4.78, 5) is 6.67. The van der Waals surface area contributed by atoms with E-state index >= 15 is 0 Å². The molecule has 1 saturated heterocycles. The second-order valence-electron chi connectivity index (χ2n) is 7.35. The Kier molecular flexibility index (Phi) is 4.49. The fourth-order valence-electron chi connectivity index (χ4n) is 4.14. The number of hydrogen-bond acceptors (Lipinski definition) is 2. The van der Waals surface area contributed by atoms with E-state index in [1.807, 2.05) is 7.05 Å². The van der Waals surface area contributed by atoms with E-state index in [1.54, 1.807) is 0 Å². The average molecular weight is 383 g/mol. The zero-order chi connectivity index (χ0) is 16.8. The second kappa shape index (κ2) is 6.13. The fourth-order valence-corrected chi connectivity index (χ4v) is 4.71. The number of hydrogen-bond donors (Lipinski definition) is 1. The van der Waals surface area contributed by atoms with Crippen LogP contribution < -0.4 is 5.32 Å². The molecule has 3 unspecified atom stereocenters. The predicted molar refractivity (Wildman–Crippen MR) is 96.5 cm³/mol. The highest BCUT2D eigenvalue weighted by Gasteiger charge is 2.59. The standard InChI is InChI=1S/C17H27BrN4O/c1-17(2)14(13-6-7-23-15(13)17)20-16(19-3)22(5)10-12-8-11(18)9-21(12)4/h8-9,13-15H,6-7,10H2,1-5H3,(H,19,20). The fraction of sp³-hybridized carbons (Fsp3) is 0.706. The van der Waals surface area contributed by atoms with Gasteiger partial charge in [0.2, 0.25) is 0 Å². The maximum absolute atomic E-state index is 5.89. The van der Waals surface area contributed by atoms with Gasteiger partial charge in [0.15, 0.2) is 5.96 Å². The van der Waals surface area contributed by atoms with Crippen LogP contribution in [0.25, 0.3) is 0 Å². The molecule has 1 aliphatic heterocycles. The molecule has 2 heterocycles. The van der Waals surface area contributed by atoms with Crippen LogP contribution >= 0.6 is 15.9 Å². The van der Waals surface area contributed by atoms with Crippen LogP contribution in [-0.2, 0) is 18.3 Å². The van der Waals surface area contributed by atoms with E-state index in [0.29, 0.717) is 18.1 Å².